The third-order valence-electron chi connectivity index (χ3n) is 4.46. The lowest BCUT2D eigenvalue weighted by molar-refractivity contribution is -0.131. The normalized spacial score (nSPS) is 18.3. The van der Waals surface area contributed by atoms with Gasteiger partial charge in [0.05, 0.1) is 18.6 Å². The fraction of sp³-hybridized carbons (Fsp3) is 0.562. The van der Waals surface area contributed by atoms with Gasteiger partial charge >= 0.3 is 0 Å². The molecular weight excluding hydrogens is 271 g/mol. The maximum atomic E-state index is 13.7. The summed E-state index contributed by atoms with van der Waals surface area (Å²) in [5.74, 6) is -0.247. The van der Waals surface area contributed by atoms with Crippen LogP contribution in [0.25, 0.3) is 0 Å². The third-order valence-corrected chi connectivity index (χ3v) is 4.46. The van der Waals surface area contributed by atoms with Gasteiger partial charge in [0, 0.05) is 6.54 Å². The van der Waals surface area contributed by atoms with Crippen LogP contribution in [-0.4, -0.2) is 19.6 Å². The van der Waals surface area contributed by atoms with Crippen molar-refractivity contribution in [2.24, 2.45) is 11.1 Å². The highest BCUT2D eigenvalue weighted by Crippen LogP contribution is 2.37. The van der Waals surface area contributed by atoms with Gasteiger partial charge in [-0.3, -0.25) is 4.79 Å². The van der Waals surface area contributed by atoms with E-state index in [4.69, 9.17) is 10.5 Å². The fourth-order valence-corrected chi connectivity index (χ4v) is 2.96. The van der Waals surface area contributed by atoms with E-state index in [2.05, 4.69) is 5.32 Å². The van der Waals surface area contributed by atoms with E-state index in [1.165, 1.54) is 13.2 Å². The fourth-order valence-electron chi connectivity index (χ4n) is 2.96. The minimum Gasteiger partial charge on any atom is -0.494 e. The van der Waals surface area contributed by atoms with E-state index < -0.39 is 11.2 Å². The van der Waals surface area contributed by atoms with Crippen molar-refractivity contribution in [1.82, 2.24) is 5.32 Å². The summed E-state index contributed by atoms with van der Waals surface area (Å²) in [6.45, 7) is 2.21. The predicted octanol–water partition coefficient (Wildman–Crippen LogP) is 2.53. The Morgan fingerprint density at radius 3 is 2.67 bits per heavy atom. The van der Waals surface area contributed by atoms with E-state index in [9.17, 15) is 9.18 Å². The number of hydrogen-bond donors (Lipinski definition) is 2. The third kappa shape index (κ3) is 3.18. The van der Waals surface area contributed by atoms with Gasteiger partial charge in [0.15, 0.2) is 11.6 Å². The van der Waals surface area contributed by atoms with Crippen LogP contribution in [0.3, 0.4) is 0 Å². The lowest BCUT2D eigenvalue weighted by Gasteiger charge is -2.28. The summed E-state index contributed by atoms with van der Waals surface area (Å²) in [5, 5.41) is 2.97. The summed E-state index contributed by atoms with van der Waals surface area (Å²) in [6.07, 6.45) is 3.74. The van der Waals surface area contributed by atoms with Crippen molar-refractivity contribution in [3.8, 4) is 5.75 Å². The Kier molecular flexibility index (Phi) is 4.83. The minimum atomic E-state index is -0.445. The number of carbonyl (C=O) groups is 1. The number of nitrogens with one attached hydrogen (secondary N) is 1. The monoisotopic (exact) mass is 294 g/mol. The van der Waals surface area contributed by atoms with Gasteiger partial charge in [-0.2, -0.15) is 0 Å². The van der Waals surface area contributed by atoms with Crippen molar-refractivity contribution in [3.05, 3.63) is 29.6 Å². The first-order chi connectivity index (χ1) is 10.0. The molecule has 0 saturated heterocycles. The molecule has 0 heterocycles. The molecule has 0 aliphatic heterocycles. The van der Waals surface area contributed by atoms with Crippen LogP contribution in [0.5, 0.6) is 5.75 Å². The SMILES string of the molecule is COc1ccc(C(C)NC(=O)C2(CN)CCCC2)cc1F. The molecule has 1 atom stereocenters. The van der Waals surface area contributed by atoms with Crippen LogP contribution in [0.4, 0.5) is 4.39 Å². The minimum absolute atomic E-state index is 0.0220. The van der Waals surface area contributed by atoms with Gasteiger partial charge in [-0.05, 0) is 37.5 Å². The number of carbonyl (C=O) groups excluding carboxylic acids is 1. The molecule has 0 spiro atoms. The van der Waals surface area contributed by atoms with Crippen LogP contribution in [0, 0.1) is 11.2 Å². The second-order valence-electron chi connectivity index (χ2n) is 5.78. The topological polar surface area (TPSA) is 64.3 Å². The molecule has 1 aliphatic rings. The highest BCUT2D eigenvalue weighted by atomic mass is 19.1. The van der Waals surface area contributed by atoms with E-state index in [0.29, 0.717) is 12.1 Å². The number of benzene rings is 1. The molecule has 5 heteroatoms. The average molecular weight is 294 g/mol. The Morgan fingerprint density at radius 1 is 1.48 bits per heavy atom. The van der Waals surface area contributed by atoms with Crippen LogP contribution in [0.15, 0.2) is 18.2 Å². The van der Waals surface area contributed by atoms with Gasteiger partial charge in [-0.15, -0.1) is 0 Å². The number of ether oxygens (including phenoxy) is 1. The Labute approximate surface area is 124 Å². The lowest BCUT2D eigenvalue weighted by atomic mass is 9.85. The van der Waals surface area contributed by atoms with Gasteiger partial charge in [-0.1, -0.05) is 18.9 Å². The largest absolute Gasteiger partial charge is 0.494 e. The van der Waals surface area contributed by atoms with Crippen molar-refractivity contribution in [2.75, 3.05) is 13.7 Å². The first-order valence-corrected chi connectivity index (χ1v) is 7.37. The molecule has 1 amide bonds. The summed E-state index contributed by atoms with van der Waals surface area (Å²) < 4.78 is 18.6. The average Bonchev–Trinajstić information content (AvgIpc) is 2.97. The number of amides is 1. The summed E-state index contributed by atoms with van der Waals surface area (Å²) in [4.78, 5) is 12.5. The maximum Gasteiger partial charge on any atom is 0.227 e. The quantitative estimate of drug-likeness (QED) is 0.877. The maximum absolute atomic E-state index is 13.7. The molecule has 0 aromatic heterocycles. The summed E-state index contributed by atoms with van der Waals surface area (Å²) >= 11 is 0. The molecule has 1 aromatic carbocycles. The number of nitrogens with two attached hydrogens (primary N) is 1. The van der Waals surface area contributed by atoms with Crippen molar-refractivity contribution >= 4 is 5.91 Å². The molecule has 116 valence electrons. The Morgan fingerprint density at radius 2 is 2.14 bits per heavy atom. The van der Waals surface area contributed by atoms with E-state index in [1.54, 1.807) is 12.1 Å². The zero-order chi connectivity index (χ0) is 15.5. The number of hydrogen-bond acceptors (Lipinski definition) is 3. The van der Waals surface area contributed by atoms with Gasteiger partial charge in [0.2, 0.25) is 5.91 Å². The van der Waals surface area contributed by atoms with E-state index >= 15 is 0 Å². The van der Waals surface area contributed by atoms with Crippen molar-refractivity contribution in [2.45, 2.75) is 38.6 Å². The molecule has 2 rings (SSSR count). The zero-order valence-electron chi connectivity index (χ0n) is 12.6. The molecule has 0 radical (unpaired) electrons. The molecule has 1 aliphatic carbocycles. The summed E-state index contributed by atoms with van der Waals surface area (Å²) in [7, 11) is 1.42. The van der Waals surface area contributed by atoms with E-state index in [-0.39, 0.29) is 17.7 Å². The summed E-state index contributed by atoms with van der Waals surface area (Å²) in [6, 6.07) is 4.47. The van der Waals surface area contributed by atoms with Crippen molar-refractivity contribution in [3.63, 3.8) is 0 Å². The van der Waals surface area contributed by atoms with Gasteiger partial charge in [0.1, 0.15) is 0 Å². The molecule has 1 saturated carbocycles. The van der Waals surface area contributed by atoms with Crippen molar-refractivity contribution in [1.29, 1.82) is 0 Å². The van der Waals surface area contributed by atoms with Gasteiger partial charge in [0.25, 0.3) is 0 Å². The smallest absolute Gasteiger partial charge is 0.227 e. The molecule has 3 N–H and O–H groups in total. The van der Waals surface area contributed by atoms with Crippen molar-refractivity contribution < 1.29 is 13.9 Å². The van der Waals surface area contributed by atoms with E-state index in [0.717, 1.165) is 25.7 Å². The zero-order valence-corrected chi connectivity index (χ0v) is 12.6. The number of rotatable bonds is 5. The molecule has 1 aromatic rings. The van der Waals surface area contributed by atoms with E-state index in [1.807, 2.05) is 6.92 Å². The number of halogens is 1. The van der Waals surface area contributed by atoms with Crippen LogP contribution in [0.2, 0.25) is 0 Å². The van der Waals surface area contributed by atoms with Gasteiger partial charge in [-0.25, -0.2) is 4.39 Å². The first kappa shape index (κ1) is 15.8. The molecular formula is C16H23FN2O2. The van der Waals surface area contributed by atoms with Crippen LogP contribution < -0.4 is 15.8 Å². The number of methoxy groups -OCH3 is 1. The van der Waals surface area contributed by atoms with Crippen LogP contribution in [0.1, 0.15) is 44.2 Å². The lowest BCUT2D eigenvalue weighted by Crippen LogP contribution is -2.44. The standard InChI is InChI=1S/C16H23FN2O2/c1-11(12-5-6-14(21-2)13(17)9-12)19-15(20)16(10-18)7-3-4-8-16/h5-6,9,11H,3-4,7-8,10,18H2,1-2H3,(H,19,20). The second kappa shape index (κ2) is 6.43. The Hall–Kier alpha value is -1.62. The first-order valence-electron chi connectivity index (χ1n) is 7.37. The predicted molar refractivity (Wildman–Crippen MR) is 79.5 cm³/mol. The molecule has 4 nitrogen and oxygen atoms in total. The molecule has 1 fully saturated rings. The molecule has 0 bridgehead atoms. The Bertz CT molecular complexity index is 513. The highest BCUT2D eigenvalue weighted by Gasteiger charge is 2.40. The highest BCUT2D eigenvalue weighted by molar-refractivity contribution is 5.83. The van der Waals surface area contributed by atoms with Gasteiger partial charge < -0.3 is 15.8 Å². The second-order valence-corrected chi connectivity index (χ2v) is 5.78. The molecule has 1 unspecified atom stereocenters. The Balaban J connectivity index is 2.08. The van der Waals surface area contributed by atoms with Crippen LogP contribution in [-0.2, 0) is 4.79 Å². The van der Waals surface area contributed by atoms with Crippen LogP contribution >= 0.6 is 0 Å². The summed E-state index contributed by atoms with van der Waals surface area (Å²) in [5.41, 5.74) is 6.08. The molecule has 21 heavy (non-hydrogen) atoms.